The van der Waals surface area contributed by atoms with Crippen molar-refractivity contribution < 1.29 is 24.2 Å². The molecule has 4 rings (SSSR count). The number of likely N-dealkylation sites (N-methyl/N-ethyl adjacent to an activating group) is 1. The number of hydrogen-bond acceptors (Lipinski definition) is 5. The van der Waals surface area contributed by atoms with Crippen LogP contribution in [-0.2, 0) is 20.9 Å². The van der Waals surface area contributed by atoms with Crippen molar-refractivity contribution in [2.45, 2.75) is 45.2 Å². The van der Waals surface area contributed by atoms with Gasteiger partial charge in [0.15, 0.2) is 0 Å². The Labute approximate surface area is 241 Å². The molecule has 0 radical (unpaired) electrons. The van der Waals surface area contributed by atoms with Gasteiger partial charge >= 0.3 is 12.1 Å². The minimum Gasteiger partial charge on any atom is -0.481 e. The van der Waals surface area contributed by atoms with Gasteiger partial charge in [0.1, 0.15) is 12.6 Å². The zero-order valence-corrected chi connectivity index (χ0v) is 23.9. The third-order valence-corrected chi connectivity index (χ3v) is 8.15. The molecule has 3 N–H and O–H groups in total. The van der Waals surface area contributed by atoms with Gasteiger partial charge < -0.3 is 20.5 Å². The topological polar surface area (TPSA) is 108 Å². The molecule has 1 atom stereocenters. The average molecular weight is 558 g/mol. The molecule has 0 spiro atoms. The van der Waals surface area contributed by atoms with E-state index < -0.39 is 29.4 Å². The molecular formula is C33H39N3O5. The highest BCUT2D eigenvalue weighted by Gasteiger charge is 2.36. The van der Waals surface area contributed by atoms with Crippen molar-refractivity contribution in [2.75, 3.05) is 26.7 Å². The van der Waals surface area contributed by atoms with Crippen LogP contribution < -0.4 is 10.6 Å². The quantitative estimate of drug-likeness (QED) is 0.272. The average Bonchev–Trinajstić information content (AvgIpc) is 3.30. The Morgan fingerprint density at radius 1 is 0.902 bits per heavy atom. The minimum absolute atomic E-state index is 0.0283. The van der Waals surface area contributed by atoms with E-state index in [4.69, 9.17) is 4.74 Å². The molecular weight excluding hydrogens is 518 g/mol. The third-order valence-electron chi connectivity index (χ3n) is 8.15. The van der Waals surface area contributed by atoms with E-state index in [2.05, 4.69) is 22.8 Å². The molecule has 216 valence electrons. The van der Waals surface area contributed by atoms with Gasteiger partial charge in [0.05, 0.1) is 5.41 Å². The lowest BCUT2D eigenvalue weighted by Gasteiger charge is -2.29. The largest absolute Gasteiger partial charge is 0.481 e. The number of amides is 2. The summed E-state index contributed by atoms with van der Waals surface area (Å²) in [6.45, 7) is 4.47. The number of alkyl carbamates (subject to hydrolysis) is 1. The summed E-state index contributed by atoms with van der Waals surface area (Å²) in [5.41, 5.74) is 4.46. The molecule has 8 nitrogen and oxygen atoms in total. The molecule has 0 saturated heterocycles. The second kappa shape index (κ2) is 13.5. The van der Waals surface area contributed by atoms with Gasteiger partial charge in [-0.15, -0.1) is 0 Å². The van der Waals surface area contributed by atoms with Gasteiger partial charge in [0.25, 0.3) is 0 Å². The molecule has 41 heavy (non-hydrogen) atoms. The van der Waals surface area contributed by atoms with Crippen LogP contribution in [0.4, 0.5) is 4.79 Å². The number of hydrogen-bond donors (Lipinski definition) is 3. The highest BCUT2D eigenvalue weighted by atomic mass is 16.5. The number of rotatable bonds is 13. The van der Waals surface area contributed by atoms with E-state index in [9.17, 15) is 19.5 Å². The van der Waals surface area contributed by atoms with E-state index in [1.807, 2.05) is 78.7 Å². The zero-order chi connectivity index (χ0) is 29.4. The summed E-state index contributed by atoms with van der Waals surface area (Å²) in [6.07, 6.45) is 0.0465. The fourth-order valence-electron chi connectivity index (χ4n) is 5.51. The third kappa shape index (κ3) is 6.95. The maximum absolute atomic E-state index is 13.4. The smallest absolute Gasteiger partial charge is 0.407 e. The normalized spacial score (nSPS) is 13.3. The predicted molar refractivity (Wildman–Crippen MR) is 158 cm³/mol. The first kappa shape index (κ1) is 29.8. The van der Waals surface area contributed by atoms with Crippen LogP contribution in [0.1, 0.15) is 49.3 Å². The lowest BCUT2D eigenvalue weighted by molar-refractivity contribution is -0.149. The summed E-state index contributed by atoms with van der Waals surface area (Å²) in [7, 11) is 1.87. The summed E-state index contributed by atoms with van der Waals surface area (Å²) in [5, 5.41) is 15.3. The summed E-state index contributed by atoms with van der Waals surface area (Å²) in [4.78, 5) is 40.3. The van der Waals surface area contributed by atoms with Crippen molar-refractivity contribution in [2.24, 2.45) is 5.41 Å². The zero-order valence-electron chi connectivity index (χ0n) is 23.9. The number of nitrogens with zero attached hydrogens (tertiary/aromatic N) is 1. The summed E-state index contributed by atoms with van der Waals surface area (Å²) in [5.74, 6) is -1.51. The van der Waals surface area contributed by atoms with Gasteiger partial charge in [0.2, 0.25) is 5.91 Å². The highest BCUT2D eigenvalue weighted by Crippen LogP contribution is 2.44. The Hall–Kier alpha value is -4.17. The Morgan fingerprint density at radius 3 is 2.02 bits per heavy atom. The molecule has 1 aliphatic carbocycles. The lowest BCUT2D eigenvalue weighted by atomic mass is 9.82. The van der Waals surface area contributed by atoms with Crippen molar-refractivity contribution in [3.63, 3.8) is 0 Å². The van der Waals surface area contributed by atoms with E-state index in [0.29, 0.717) is 19.4 Å². The number of carbonyl (C=O) groups excluding carboxylic acids is 2. The number of ether oxygens (including phenoxy) is 1. The van der Waals surface area contributed by atoms with Crippen LogP contribution in [0.2, 0.25) is 0 Å². The fourth-order valence-corrected chi connectivity index (χ4v) is 5.51. The molecule has 3 aromatic carbocycles. The standard InChI is InChI=1S/C33H39N3O5/c1-4-33(5-2,31(38)39)22-34-30(37)29(20-36(3)19-23-13-7-6-8-14-23)35-32(40)41-21-28-26-17-11-9-15-24(26)25-16-10-12-18-27(25)28/h6-18,28-29H,4-5,19-22H2,1-3H3,(H,34,37)(H,35,40)(H,38,39). The van der Waals surface area contributed by atoms with Crippen LogP contribution in [0.15, 0.2) is 78.9 Å². The first-order valence-corrected chi connectivity index (χ1v) is 14.1. The first-order valence-electron chi connectivity index (χ1n) is 14.1. The number of nitrogens with one attached hydrogen (secondary N) is 2. The van der Waals surface area contributed by atoms with Crippen molar-refractivity contribution in [3.05, 3.63) is 95.6 Å². The van der Waals surface area contributed by atoms with Crippen molar-refractivity contribution >= 4 is 18.0 Å². The lowest BCUT2D eigenvalue weighted by Crippen LogP contribution is -2.54. The van der Waals surface area contributed by atoms with Crippen LogP contribution in [0.3, 0.4) is 0 Å². The molecule has 1 unspecified atom stereocenters. The van der Waals surface area contributed by atoms with E-state index in [1.54, 1.807) is 13.8 Å². The molecule has 0 bridgehead atoms. The maximum atomic E-state index is 13.4. The van der Waals surface area contributed by atoms with Gasteiger partial charge in [0, 0.05) is 25.6 Å². The number of aliphatic carboxylic acids is 1. The maximum Gasteiger partial charge on any atom is 0.407 e. The molecule has 0 saturated carbocycles. The van der Waals surface area contributed by atoms with Gasteiger partial charge in [-0.1, -0.05) is 92.7 Å². The molecule has 3 aromatic rings. The number of carbonyl (C=O) groups is 3. The first-order chi connectivity index (χ1) is 19.8. The Balaban J connectivity index is 1.45. The van der Waals surface area contributed by atoms with E-state index in [-0.39, 0.29) is 25.6 Å². The SMILES string of the molecule is CCC(CC)(CNC(=O)C(CN(C)Cc1ccccc1)NC(=O)OCC1c2ccccc2-c2ccccc21)C(=O)O. The van der Waals surface area contributed by atoms with Crippen LogP contribution in [0.25, 0.3) is 11.1 Å². The van der Waals surface area contributed by atoms with Gasteiger partial charge in [-0.25, -0.2) is 4.79 Å². The molecule has 8 heteroatoms. The van der Waals surface area contributed by atoms with Crippen molar-refractivity contribution in [3.8, 4) is 11.1 Å². The van der Waals surface area contributed by atoms with Crippen LogP contribution in [-0.4, -0.2) is 60.8 Å². The Kier molecular flexibility index (Phi) is 9.78. The number of fused-ring (bicyclic) bond motifs is 3. The van der Waals surface area contributed by atoms with E-state index in [1.165, 1.54) is 0 Å². The molecule has 0 fully saturated rings. The van der Waals surface area contributed by atoms with Crippen LogP contribution >= 0.6 is 0 Å². The van der Waals surface area contributed by atoms with Gasteiger partial charge in [-0.3, -0.25) is 14.5 Å². The van der Waals surface area contributed by atoms with E-state index >= 15 is 0 Å². The number of benzene rings is 3. The second-order valence-corrected chi connectivity index (χ2v) is 10.7. The summed E-state index contributed by atoms with van der Waals surface area (Å²) in [6, 6.07) is 25.1. The monoisotopic (exact) mass is 557 g/mol. The Morgan fingerprint density at radius 2 is 1.46 bits per heavy atom. The molecule has 0 heterocycles. The molecule has 0 aromatic heterocycles. The second-order valence-electron chi connectivity index (χ2n) is 10.7. The number of carboxylic acid groups (broad SMARTS) is 1. The van der Waals surface area contributed by atoms with E-state index in [0.717, 1.165) is 27.8 Å². The van der Waals surface area contributed by atoms with Crippen molar-refractivity contribution in [1.82, 2.24) is 15.5 Å². The number of carboxylic acids is 1. The molecule has 0 aliphatic heterocycles. The molecule has 1 aliphatic rings. The predicted octanol–water partition coefficient (Wildman–Crippen LogP) is 5.03. The van der Waals surface area contributed by atoms with Crippen LogP contribution in [0.5, 0.6) is 0 Å². The fraction of sp³-hybridized carbons (Fsp3) is 0.364. The summed E-state index contributed by atoms with van der Waals surface area (Å²) >= 11 is 0. The van der Waals surface area contributed by atoms with Crippen molar-refractivity contribution in [1.29, 1.82) is 0 Å². The highest BCUT2D eigenvalue weighted by molar-refractivity contribution is 5.87. The molecule has 2 amide bonds. The van der Waals surface area contributed by atoms with Gasteiger partial charge in [-0.05, 0) is 47.7 Å². The summed E-state index contributed by atoms with van der Waals surface area (Å²) < 4.78 is 5.70. The minimum atomic E-state index is -1.07. The Bertz CT molecular complexity index is 1310. The van der Waals surface area contributed by atoms with Gasteiger partial charge in [-0.2, -0.15) is 0 Å². The van der Waals surface area contributed by atoms with Crippen LogP contribution in [0, 0.1) is 5.41 Å².